The molecule has 0 amide bonds. The number of aromatic nitrogens is 2. The van der Waals surface area contributed by atoms with Gasteiger partial charge in [-0.1, -0.05) is 42.3 Å². The minimum atomic E-state index is -5.12. The molecule has 0 aliphatic carbocycles. The number of methoxy groups -OCH3 is 1. The average Bonchev–Trinajstić information content (AvgIpc) is 3.14. The predicted octanol–water partition coefficient (Wildman–Crippen LogP) is 5.97. The van der Waals surface area contributed by atoms with E-state index in [1.54, 1.807) is 0 Å². The Morgan fingerprint density at radius 3 is 2.45 bits per heavy atom. The Balaban J connectivity index is 1.69. The first-order chi connectivity index (χ1) is 17.8. The number of halogens is 5. The zero-order chi connectivity index (χ0) is 28.0. The fourth-order valence-corrected chi connectivity index (χ4v) is 4.59. The largest absolute Gasteiger partial charge is 0.465 e. The van der Waals surface area contributed by atoms with Crippen molar-refractivity contribution in [1.82, 2.24) is 9.55 Å². The van der Waals surface area contributed by atoms with Crippen LogP contribution in [0.2, 0.25) is 10.2 Å². The fraction of sp³-hybridized carbons (Fsp3) is 0.240. The first-order valence-electron chi connectivity index (χ1n) is 10.9. The van der Waals surface area contributed by atoms with Gasteiger partial charge in [0.1, 0.15) is 10.9 Å². The van der Waals surface area contributed by atoms with Crippen LogP contribution in [0.15, 0.2) is 57.7 Å². The van der Waals surface area contributed by atoms with Crippen LogP contribution in [-0.4, -0.2) is 33.9 Å². The van der Waals surface area contributed by atoms with Crippen molar-refractivity contribution in [2.45, 2.75) is 24.6 Å². The van der Waals surface area contributed by atoms with Gasteiger partial charge in [-0.3, -0.25) is 4.57 Å². The lowest BCUT2D eigenvalue weighted by Gasteiger charge is -2.37. The molecule has 0 saturated carbocycles. The van der Waals surface area contributed by atoms with E-state index in [2.05, 4.69) is 9.72 Å². The second kappa shape index (κ2) is 9.97. The van der Waals surface area contributed by atoms with Crippen LogP contribution in [0.3, 0.4) is 0 Å². The summed E-state index contributed by atoms with van der Waals surface area (Å²) < 4.78 is 59.5. The van der Waals surface area contributed by atoms with E-state index in [-0.39, 0.29) is 44.0 Å². The molecule has 1 N–H and O–H groups in total. The molecule has 0 aliphatic heterocycles. The number of ether oxygens (including phenoxy) is 2. The van der Waals surface area contributed by atoms with E-state index >= 15 is 0 Å². The molecule has 0 fully saturated rings. The van der Waals surface area contributed by atoms with Gasteiger partial charge in [-0.2, -0.15) is 13.2 Å². The number of benzene rings is 2. The molecule has 2 aromatic heterocycles. The Hall–Kier alpha value is -3.54. The SMILES string of the molecule is COC(=O)c1ccc(Oc2ccc([C@@H](C)[C@@](O)(c3ccc4oc(=O)n(C)c4c3)C(F)(F)F)c(Cl)c2)nc1Cl. The summed E-state index contributed by atoms with van der Waals surface area (Å²) in [6.07, 6.45) is -5.12. The van der Waals surface area contributed by atoms with Crippen molar-refractivity contribution in [3.63, 3.8) is 0 Å². The van der Waals surface area contributed by atoms with E-state index in [1.165, 1.54) is 57.5 Å². The van der Waals surface area contributed by atoms with Gasteiger partial charge >= 0.3 is 17.9 Å². The maximum Gasteiger partial charge on any atom is 0.422 e. The zero-order valence-electron chi connectivity index (χ0n) is 20.0. The maximum absolute atomic E-state index is 14.4. The second-order valence-electron chi connectivity index (χ2n) is 8.36. The zero-order valence-corrected chi connectivity index (χ0v) is 21.5. The number of hydrogen-bond donors (Lipinski definition) is 1. The third-order valence-electron chi connectivity index (χ3n) is 6.18. The highest BCUT2D eigenvalue weighted by molar-refractivity contribution is 6.32. The summed E-state index contributed by atoms with van der Waals surface area (Å²) in [7, 11) is 2.53. The van der Waals surface area contributed by atoms with Gasteiger partial charge in [-0.05, 0) is 41.5 Å². The minimum absolute atomic E-state index is 0.00894. The smallest absolute Gasteiger partial charge is 0.422 e. The van der Waals surface area contributed by atoms with E-state index in [9.17, 15) is 27.9 Å². The summed E-state index contributed by atoms with van der Waals surface area (Å²) in [6, 6.07) is 9.89. The number of oxazole rings is 1. The minimum Gasteiger partial charge on any atom is -0.465 e. The summed E-state index contributed by atoms with van der Waals surface area (Å²) in [4.78, 5) is 27.4. The van der Waals surface area contributed by atoms with E-state index in [1.807, 2.05) is 0 Å². The first-order valence-corrected chi connectivity index (χ1v) is 11.6. The molecule has 2 atom stereocenters. The van der Waals surface area contributed by atoms with Crippen molar-refractivity contribution >= 4 is 40.3 Å². The summed E-state index contributed by atoms with van der Waals surface area (Å²) in [5.74, 6) is -2.93. The van der Waals surface area contributed by atoms with Crippen LogP contribution in [0, 0.1) is 0 Å². The van der Waals surface area contributed by atoms with Crippen LogP contribution in [0.4, 0.5) is 13.2 Å². The number of aliphatic hydroxyl groups is 1. The Bertz CT molecular complexity index is 1600. The van der Waals surface area contributed by atoms with E-state index in [4.69, 9.17) is 32.4 Å². The Morgan fingerprint density at radius 2 is 1.84 bits per heavy atom. The van der Waals surface area contributed by atoms with Gasteiger partial charge < -0.3 is 19.0 Å². The lowest BCUT2D eigenvalue weighted by Crippen LogP contribution is -2.46. The fourth-order valence-electron chi connectivity index (χ4n) is 4.03. The lowest BCUT2D eigenvalue weighted by molar-refractivity contribution is -0.274. The molecule has 38 heavy (non-hydrogen) atoms. The van der Waals surface area contributed by atoms with E-state index in [0.717, 1.165) is 16.7 Å². The molecule has 4 aromatic rings. The normalized spacial score (nSPS) is 14.2. The molecular formula is C25H19Cl2F3N2O6. The van der Waals surface area contributed by atoms with Crippen LogP contribution in [-0.2, 0) is 17.4 Å². The molecule has 0 spiro atoms. The third kappa shape index (κ3) is 4.72. The number of hydrogen-bond acceptors (Lipinski definition) is 7. The molecule has 0 bridgehead atoms. The predicted molar refractivity (Wildman–Crippen MR) is 132 cm³/mol. The van der Waals surface area contributed by atoms with Crippen molar-refractivity contribution in [2.75, 3.05) is 7.11 Å². The highest BCUT2D eigenvalue weighted by Crippen LogP contribution is 2.50. The lowest BCUT2D eigenvalue weighted by atomic mass is 9.77. The maximum atomic E-state index is 14.4. The van der Waals surface area contributed by atoms with Crippen molar-refractivity contribution < 1.29 is 37.0 Å². The second-order valence-corrected chi connectivity index (χ2v) is 9.13. The number of fused-ring (bicyclic) bond motifs is 1. The van der Waals surface area contributed by atoms with Gasteiger partial charge in [0.2, 0.25) is 5.88 Å². The molecule has 2 heterocycles. The monoisotopic (exact) mass is 570 g/mol. The topological polar surface area (TPSA) is 104 Å². The van der Waals surface area contributed by atoms with E-state index < -0.39 is 35.0 Å². The van der Waals surface area contributed by atoms with Crippen LogP contribution in [0.5, 0.6) is 11.6 Å². The molecule has 0 saturated heterocycles. The van der Waals surface area contributed by atoms with Crippen molar-refractivity contribution in [2.24, 2.45) is 7.05 Å². The molecule has 0 aliphatic rings. The molecule has 13 heteroatoms. The number of esters is 1. The van der Waals surface area contributed by atoms with Crippen LogP contribution >= 0.6 is 23.2 Å². The number of nitrogens with zero attached hydrogens (tertiary/aromatic N) is 2. The Morgan fingerprint density at radius 1 is 1.13 bits per heavy atom. The molecule has 200 valence electrons. The van der Waals surface area contributed by atoms with E-state index in [0.29, 0.717) is 0 Å². The van der Waals surface area contributed by atoms with Crippen LogP contribution in [0.25, 0.3) is 11.1 Å². The molecule has 4 rings (SSSR count). The van der Waals surface area contributed by atoms with Gasteiger partial charge in [-0.15, -0.1) is 0 Å². The number of aryl methyl sites for hydroxylation is 1. The standard InChI is InChI=1S/C25H19Cl2F3N2O6/c1-12(24(35,25(28,29)30)13-4-8-19-18(10-13)32(2)23(34)38-19)15-6-5-14(11-17(15)26)37-20-9-7-16(21(27)31-20)22(33)36-3/h4-12,35H,1-3H3/t12-,24-/m1/s1. The number of rotatable bonds is 6. The quantitative estimate of drug-likeness (QED) is 0.225. The van der Waals surface area contributed by atoms with Crippen molar-refractivity contribution in [3.05, 3.63) is 85.9 Å². The summed E-state index contributed by atoms with van der Waals surface area (Å²) in [5.41, 5.74) is -3.72. The number of alkyl halides is 3. The number of carbonyl (C=O) groups excluding carboxylic acids is 1. The number of carbonyl (C=O) groups is 1. The molecular weight excluding hydrogens is 552 g/mol. The van der Waals surface area contributed by atoms with Crippen LogP contribution in [0.1, 0.15) is 34.3 Å². The van der Waals surface area contributed by atoms with Gasteiger partial charge in [0, 0.05) is 24.1 Å². The molecule has 0 radical (unpaired) electrons. The average molecular weight is 571 g/mol. The molecule has 0 unspecified atom stereocenters. The highest BCUT2D eigenvalue weighted by atomic mass is 35.5. The number of pyridine rings is 1. The van der Waals surface area contributed by atoms with Gasteiger partial charge in [0.15, 0.2) is 11.2 Å². The first kappa shape index (κ1) is 27.5. The van der Waals surface area contributed by atoms with Gasteiger partial charge in [-0.25, -0.2) is 14.6 Å². The summed E-state index contributed by atoms with van der Waals surface area (Å²) in [6.45, 7) is 1.18. The Kier molecular flexibility index (Phi) is 7.21. The summed E-state index contributed by atoms with van der Waals surface area (Å²) in [5, 5.41) is 10.9. The van der Waals surface area contributed by atoms with Crippen LogP contribution < -0.4 is 10.5 Å². The third-order valence-corrected chi connectivity index (χ3v) is 6.80. The molecule has 2 aromatic carbocycles. The van der Waals surface area contributed by atoms with Gasteiger partial charge in [0.05, 0.1) is 18.2 Å². The summed E-state index contributed by atoms with van der Waals surface area (Å²) >= 11 is 12.3. The Labute approximate surface area is 223 Å². The highest BCUT2D eigenvalue weighted by Gasteiger charge is 2.59. The molecule has 8 nitrogen and oxygen atoms in total. The van der Waals surface area contributed by atoms with Gasteiger partial charge in [0.25, 0.3) is 0 Å². The van der Waals surface area contributed by atoms with Crippen molar-refractivity contribution in [3.8, 4) is 11.6 Å². The van der Waals surface area contributed by atoms with Crippen molar-refractivity contribution in [1.29, 1.82) is 0 Å².